The molecule has 0 aliphatic rings. The number of amides is 1. The van der Waals surface area contributed by atoms with Crippen molar-refractivity contribution in [2.45, 2.75) is 6.54 Å². The van der Waals surface area contributed by atoms with Gasteiger partial charge in [-0.25, -0.2) is 4.98 Å². The summed E-state index contributed by atoms with van der Waals surface area (Å²) in [6, 6.07) is 8.83. The summed E-state index contributed by atoms with van der Waals surface area (Å²) in [6.07, 6.45) is 1.70. The third kappa shape index (κ3) is 3.45. The van der Waals surface area contributed by atoms with Crippen molar-refractivity contribution in [2.75, 3.05) is 19.4 Å². The number of halogens is 1. The van der Waals surface area contributed by atoms with E-state index in [0.717, 1.165) is 5.69 Å². The number of hydrogen-bond donors (Lipinski definition) is 1. The Morgan fingerprint density at radius 3 is 2.85 bits per heavy atom. The van der Waals surface area contributed by atoms with E-state index in [4.69, 9.17) is 11.6 Å². The van der Waals surface area contributed by atoms with Crippen LogP contribution in [0.15, 0.2) is 36.5 Å². The molecule has 0 saturated heterocycles. The molecular formula is C14H15ClN4O. The summed E-state index contributed by atoms with van der Waals surface area (Å²) in [6.45, 7) is 0.439. The molecule has 2 heterocycles. The average Bonchev–Trinajstić information content (AvgIpc) is 2.46. The third-order valence-corrected chi connectivity index (χ3v) is 2.96. The molecule has 5 nitrogen and oxygen atoms in total. The Hall–Kier alpha value is -2.14. The second-order valence-electron chi connectivity index (χ2n) is 4.30. The molecule has 6 heteroatoms. The molecule has 0 saturated carbocycles. The number of carbonyl (C=O) groups is 1. The summed E-state index contributed by atoms with van der Waals surface area (Å²) in [4.78, 5) is 22.2. The Bertz CT molecular complexity index is 603. The number of aromatic nitrogens is 2. The molecule has 104 valence electrons. The Kier molecular flexibility index (Phi) is 4.53. The minimum absolute atomic E-state index is 0.128. The molecule has 0 atom stereocenters. The maximum absolute atomic E-state index is 12.4. The van der Waals surface area contributed by atoms with Crippen molar-refractivity contribution in [3.8, 4) is 0 Å². The lowest BCUT2D eigenvalue weighted by molar-refractivity contribution is 0.0783. The second-order valence-corrected chi connectivity index (χ2v) is 4.68. The van der Waals surface area contributed by atoms with Crippen LogP contribution in [0.3, 0.4) is 0 Å². The molecule has 20 heavy (non-hydrogen) atoms. The number of nitrogens with zero attached hydrogens (tertiary/aromatic N) is 3. The van der Waals surface area contributed by atoms with Gasteiger partial charge in [-0.2, -0.15) is 0 Å². The minimum atomic E-state index is -0.128. The van der Waals surface area contributed by atoms with Crippen molar-refractivity contribution in [3.05, 3.63) is 52.9 Å². The zero-order valence-electron chi connectivity index (χ0n) is 11.3. The lowest BCUT2D eigenvalue weighted by Crippen LogP contribution is -2.26. The van der Waals surface area contributed by atoms with Crippen LogP contribution in [0.4, 0.5) is 5.82 Å². The number of anilines is 1. The predicted molar refractivity (Wildman–Crippen MR) is 78.8 cm³/mol. The Labute approximate surface area is 122 Å². The number of nitrogens with one attached hydrogen (secondary N) is 1. The van der Waals surface area contributed by atoms with E-state index in [0.29, 0.717) is 17.9 Å². The van der Waals surface area contributed by atoms with Crippen LogP contribution in [0.1, 0.15) is 16.1 Å². The summed E-state index contributed by atoms with van der Waals surface area (Å²) in [5, 5.41) is 3.16. The molecule has 0 spiro atoms. The minimum Gasteiger partial charge on any atom is -0.373 e. The zero-order valence-corrected chi connectivity index (χ0v) is 12.1. The van der Waals surface area contributed by atoms with Crippen LogP contribution in [0.5, 0.6) is 0 Å². The van der Waals surface area contributed by atoms with Crippen molar-refractivity contribution in [3.63, 3.8) is 0 Å². The summed E-state index contributed by atoms with van der Waals surface area (Å²) in [7, 11) is 3.45. The van der Waals surface area contributed by atoms with E-state index in [1.165, 1.54) is 0 Å². The first-order valence-electron chi connectivity index (χ1n) is 6.11. The highest BCUT2D eigenvalue weighted by atomic mass is 35.5. The van der Waals surface area contributed by atoms with Gasteiger partial charge in [-0.3, -0.25) is 9.78 Å². The van der Waals surface area contributed by atoms with E-state index in [1.54, 1.807) is 37.3 Å². The number of hydrogen-bond acceptors (Lipinski definition) is 4. The van der Waals surface area contributed by atoms with Gasteiger partial charge in [0.25, 0.3) is 5.91 Å². The van der Waals surface area contributed by atoms with E-state index in [1.807, 2.05) is 18.2 Å². The van der Waals surface area contributed by atoms with Gasteiger partial charge in [0.2, 0.25) is 0 Å². The van der Waals surface area contributed by atoms with Gasteiger partial charge in [0.05, 0.1) is 12.2 Å². The monoisotopic (exact) mass is 290 g/mol. The van der Waals surface area contributed by atoms with Crippen molar-refractivity contribution >= 4 is 23.3 Å². The summed E-state index contributed by atoms with van der Waals surface area (Å²) in [5.74, 6) is 0.434. The first-order chi connectivity index (χ1) is 9.60. The zero-order chi connectivity index (χ0) is 14.5. The topological polar surface area (TPSA) is 58.1 Å². The van der Waals surface area contributed by atoms with Gasteiger partial charge < -0.3 is 10.2 Å². The standard InChI is InChI=1S/C14H15ClN4O/c1-16-13-8-10(7-12(15)18-13)14(20)19(2)9-11-5-3-4-6-17-11/h3-8H,9H2,1-2H3,(H,16,18). The molecule has 1 N–H and O–H groups in total. The van der Waals surface area contributed by atoms with Crippen LogP contribution in [0.2, 0.25) is 5.15 Å². The van der Waals surface area contributed by atoms with Crippen LogP contribution in [-0.2, 0) is 6.54 Å². The van der Waals surface area contributed by atoms with Crippen LogP contribution < -0.4 is 5.32 Å². The van der Waals surface area contributed by atoms with Gasteiger partial charge in [0.1, 0.15) is 11.0 Å². The molecule has 0 bridgehead atoms. The highest BCUT2D eigenvalue weighted by Gasteiger charge is 2.14. The van der Waals surface area contributed by atoms with E-state index >= 15 is 0 Å². The maximum atomic E-state index is 12.4. The number of rotatable bonds is 4. The van der Waals surface area contributed by atoms with E-state index in [9.17, 15) is 4.79 Å². The van der Waals surface area contributed by atoms with Crippen molar-refractivity contribution in [2.24, 2.45) is 0 Å². The molecule has 0 unspecified atom stereocenters. The molecule has 1 amide bonds. The van der Waals surface area contributed by atoms with Crippen molar-refractivity contribution in [1.82, 2.24) is 14.9 Å². The Balaban J connectivity index is 2.16. The van der Waals surface area contributed by atoms with Crippen LogP contribution in [-0.4, -0.2) is 34.9 Å². The number of carbonyl (C=O) groups excluding carboxylic acids is 1. The molecule has 2 aromatic rings. The Morgan fingerprint density at radius 1 is 1.40 bits per heavy atom. The van der Waals surface area contributed by atoms with Crippen molar-refractivity contribution < 1.29 is 4.79 Å². The largest absolute Gasteiger partial charge is 0.373 e. The smallest absolute Gasteiger partial charge is 0.254 e. The first-order valence-corrected chi connectivity index (χ1v) is 6.48. The number of pyridine rings is 2. The molecule has 0 aromatic carbocycles. The average molecular weight is 291 g/mol. The van der Waals surface area contributed by atoms with Gasteiger partial charge in [0.15, 0.2) is 0 Å². The molecule has 0 fully saturated rings. The highest BCUT2D eigenvalue weighted by molar-refractivity contribution is 6.29. The third-order valence-electron chi connectivity index (χ3n) is 2.77. The fourth-order valence-corrected chi connectivity index (χ4v) is 1.98. The fraction of sp³-hybridized carbons (Fsp3) is 0.214. The van der Waals surface area contributed by atoms with Crippen LogP contribution >= 0.6 is 11.6 Å². The molecule has 0 aliphatic heterocycles. The van der Waals surface area contributed by atoms with E-state index in [2.05, 4.69) is 15.3 Å². The van der Waals surface area contributed by atoms with Crippen molar-refractivity contribution in [1.29, 1.82) is 0 Å². The van der Waals surface area contributed by atoms with Gasteiger partial charge in [-0.1, -0.05) is 17.7 Å². The van der Waals surface area contributed by atoms with Gasteiger partial charge >= 0.3 is 0 Å². The SMILES string of the molecule is CNc1cc(C(=O)N(C)Cc2ccccn2)cc(Cl)n1. The summed E-state index contributed by atoms with van der Waals surface area (Å²) >= 11 is 5.90. The lowest BCUT2D eigenvalue weighted by atomic mass is 10.2. The van der Waals surface area contributed by atoms with Crippen LogP contribution in [0, 0.1) is 0 Å². The molecule has 2 aromatic heterocycles. The van der Waals surface area contributed by atoms with Crippen LogP contribution in [0.25, 0.3) is 0 Å². The predicted octanol–water partition coefficient (Wildman–Crippen LogP) is 2.44. The van der Waals surface area contributed by atoms with Gasteiger partial charge in [-0.15, -0.1) is 0 Å². The molecule has 0 radical (unpaired) electrons. The quantitative estimate of drug-likeness (QED) is 0.879. The Morgan fingerprint density at radius 2 is 2.20 bits per heavy atom. The summed E-state index contributed by atoms with van der Waals surface area (Å²) in [5.41, 5.74) is 1.32. The second kappa shape index (κ2) is 6.34. The van der Waals surface area contributed by atoms with Gasteiger partial charge in [0, 0.05) is 25.9 Å². The maximum Gasteiger partial charge on any atom is 0.254 e. The summed E-state index contributed by atoms with van der Waals surface area (Å²) < 4.78 is 0. The fourth-order valence-electron chi connectivity index (χ4n) is 1.78. The normalized spacial score (nSPS) is 10.2. The molecular weight excluding hydrogens is 276 g/mol. The first kappa shape index (κ1) is 14.3. The highest BCUT2D eigenvalue weighted by Crippen LogP contribution is 2.16. The molecule has 0 aliphatic carbocycles. The lowest BCUT2D eigenvalue weighted by Gasteiger charge is -2.17. The molecule has 2 rings (SSSR count). The van der Waals surface area contributed by atoms with E-state index < -0.39 is 0 Å². The van der Waals surface area contributed by atoms with E-state index in [-0.39, 0.29) is 11.1 Å². The van der Waals surface area contributed by atoms with Gasteiger partial charge in [-0.05, 0) is 24.3 Å².